The van der Waals surface area contributed by atoms with E-state index in [0.29, 0.717) is 13.0 Å². The fourth-order valence-electron chi connectivity index (χ4n) is 1.03. The van der Waals surface area contributed by atoms with Gasteiger partial charge < -0.3 is 10.6 Å². The lowest BCUT2D eigenvalue weighted by Crippen LogP contribution is -2.24. The van der Waals surface area contributed by atoms with E-state index in [2.05, 4.69) is 15.6 Å². The summed E-state index contributed by atoms with van der Waals surface area (Å²) < 4.78 is 0. The van der Waals surface area contributed by atoms with Crippen LogP contribution in [-0.2, 0) is 11.3 Å². The van der Waals surface area contributed by atoms with E-state index >= 15 is 0 Å². The summed E-state index contributed by atoms with van der Waals surface area (Å²) in [6.07, 6.45) is 0.514. The zero-order valence-electron chi connectivity index (χ0n) is 8.46. The molecule has 0 radical (unpaired) electrons. The number of carbonyl (C=O) groups is 1. The quantitative estimate of drug-likeness (QED) is 0.707. The van der Waals surface area contributed by atoms with Crippen LogP contribution >= 0.6 is 11.3 Å². The molecule has 0 bridgehead atoms. The Balaban J connectivity index is 2.13. The van der Waals surface area contributed by atoms with E-state index in [1.165, 1.54) is 0 Å². The number of aryl methyl sites for hydroxylation is 1. The molecule has 1 heterocycles. The molecule has 1 rings (SSSR count). The maximum Gasteiger partial charge on any atom is 0.221 e. The number of rotatable bonds is 5. The highest BCUT2D eigenvalue weighted by Crippen LogP contribution is 2.06. The molecule has 1 aromatic rings. The van der Waals surface area contributed by atoms with Crippen LogP contribution in [0, 0.1) is 6.92 Å². The topological polar surface area (TPSA) is 54.0 Å². The minimum atomic E-state index is 0.0620. The van der Waals surface area contributed by atoms with Crippen LogP contribution in [0.1, 0.15) is 17.1 Å². The number of carbonyl (C=O) groups excluding carboxylic acids is 1. The summed E-state index contributed by atoms with van der Waals surface area (Å²) in [7, 11) is 1.64. The van der Waals surface area contributed by atoms with Crippen molar-refractivity contribution in [1.82, 2.24) is 15.6 Å². The van der Waals surface area contributed by atoms with E-state index in [1.807, 2.05) is 12.3 Å². The lowest BCUT2D eigenvalue weighted by molar-refractivity contribution is -0.120. The standard InChI is InChI=1S/C9H15N3OS/c1-7-12-8(6-14-7)5-11-4-3-9(13)10-2/h6,11H,3-5H2,1-2H3,(H,10,13). The van der Waals surface area contributed by atoms with Crippen LogP contribution < -0.4 is 10.6 Å². The largest absolute Gasteiger partial charge is 0.359 e. The van der Waals surface area contributed by atoms with E-state index in [4.69, 9.17) is 0 Å². The first-order valence-electron chi connectivity index (χ1n) is 4.54. The smallest absolute Gasteiger partial charge is 0.221 e. The molecule has 0 aliphatic carbocycles. The molecule has 4 nitrogen and oxygen atoms in total. The predicted octanol–water partition coefficient (Wildman–Crippen LogP) is 0.677. The highest BCUT2D eigenvalue weighted by molar-refractivity contribution is 7.09. The number of hydrogen-bond acceptors (Lipinski definition) is 4. The Hall–Kier alpha value is -0.940. The monoisotopic (exact) mass is 213 g/mol. The van der Waals surface area contributed by atoms with Crippen molar-refractivity contribution in [1.29, 1.82) is 0 Å². The van der Waals surface area contributed by atoms with Crippen molar-refractivity contribution in [3.8, 4) is 0 Å². The van der Waals surface area contributed by atoms with Crippen molar-refractivity contribution >= 4 is 17.2 Å². The summed E-state index contributed by atoms with van der Waals surface area (Å²) in [5.41, 5.74) is 1.05. The molecule has 0 fully saturated rings. The summed E-state index contributed by atoms with van der Waals surface area (Å²) in [6.45, 7) is 3.41. The molecule has 0 aliphatic rings. The Labute approximate surface area is 87.7 Å². The van der Waals surface area contributed by atoms with Gasteiger partial charge in [-0.25, -0.2) is 4.98 Å². The molecule has 0 spiro atoms. The van der Waals surface area contributed by atoms with Gasteiger partial charge in [-0.1, -0.05) is 0 Å². The van der Waals surface area contributed by atoms with E-state index in [1.54, 1.807) is 18.4 Å². The maximum absolute atomic E-state index is 10.9. The number of nitrogens with one attached hydrogen (secondary N) is 2. The first-order valence-corrected chi connectivity index (χ1v) is 5.42. The van der Waals surface area contributed by atoms with Crippen LogP contribution in [0.15, 0.2) is 5.38 Å². The summed E-state index contributed by atoms with van der Waals surface area (Å²) in [6, 6.07) is 0. The Morgan fingerprint density at radius 3 is 3.00 bits per heavy atom. The Kier molecular flexibility index (Phi) is 4.55. The fraction of sp³-hybridized carbons (Fsp3) is 0.556. The maximum atomic E-state index is 10.9. The highest BCUT2D eigenvalue weighted by atomic mass is 32.1. The van der Waals surface area contributed by atoms with Gasteiger partial charge in [0.15, 0.2) is 0 Å². The first-order chi connectivity index (χ1) is 6.72. The van der Waals surface area contributed by atoms with Crippen molar-refractivity contribution in [2.75, 3.05) is 13.6 Å². The van der Waals surface area contributed by atoms with Crippen LogP contribution in [-0.4, -0.2) is 24.5 Å². The molecular weight excluding hydrogens is 198 g/mol. The Bertz CT molecular complexity index is 298. The summed E-state index contributed by atoms with van der Waals surface area (Å²) in [5.74, 6) is 0.0620. The van der Waals surface area contributed by atoms with E-state index in [-0.39, 0.29) is 5.91 Å². The van der Waals surface area contributed by atoms with E-state index in [9.17, 15) is 4.79 Å². The average molecular weight is 213 g/mol. The summed E-state index contributed by atoms with van der Waals surface area (Å²) in [5, 5.41) is 8.85. The second kappa shape index (κ2) is 5.72. The van der Waals surface area contributed by atoms with Crippen LogP contribution in [0.25, 0.3) is 0 Å². The zero-order chi connectivity index (χ0) is 10.4. The van der Waals surface area contributed by atoms with Crippen LogP contribution in [0.4, 0.5) is 0 Å². The normalized spacial score (nSPS) is 10.1. The minimum absolute atomic E-state index is 0.0620. The van der Waals surface area contributed by atoms with Gasteiger partial charge in [0.2, 0.25) is 5.91 Å². The van der Waals surface area contributed by atoms with Crippen LogP contribution in [0.3, 0.4) is 0 Å². The van der Waals surface area contributed by atoms with Gasteiger partial charge in [0.05, 0.1) is 10.7 Å². The number of nitrogens with zero attached hydrogens (tertiary/aromatic N) is 1. The number of thiazole rings is 1. The van der Waals surface area contributed by atoms with Crippen molar-refractivity contribution < 1.29 is 4.79 Å². The number of hydrogen-bond donors (Lipinski definition) is 2. The lowest BCUT2D eigenvalue weighted by atomic mass is 10.4. The van der Waals surface area contributed by atoms with Crippen molar-refractivity contribution in [3.63, 3.8) is 0 Å². The molecule has 0 unspecified atom stereocenters. The van der Waals surface area contributed by atoms with Crippen molar-refractivity contribution in [2.24, 2.45) is 0 Å². The third kappa shape index (κ3) is 3.85. The van der Waals surface area contributed by atoms with Gasteiger partial charge >= 0.3 is 0 Å². The second-order valence-electron chi connectivity index (χ2n) is 2.96. The highest BCUT2D eigenvalue weighted by Gasteiger charge is 1.99. The average Bonchev–Trinajstić information content (AvgIpc) is 2.58. The van der Waals surface area contributed by atoms with Crippen molar-refractivity contribution in [2.45, 2.75) is 19.9 Å². The van der Waals surface area contributed by atoms with Gasteiger partial charge in [-0.3, -0.25) is 4.79 Å². The Morgan fingerprint density at radius 1 is 1.64 bits per heavy atom. The molecule has 0 saturated heterocycles. The summed E-state index contributed by atoms with van der Waals surface area (Å²) in [4.78, 5) is 15.2. The SMILES string of the molecule is CNC(=O)CCNCc1csc(C)n1. The Morgan fingerprint density at radius 2 is 2.43 bits per heavy atom. The third-order valence-electron chi connectivity index (χ3n) is 1.78. The number of aromatic nitrogens is 1. The molecule has 0 aromatic carbocycles. The van der Waals surface area contributed by atoms with E-state index in [0.717, 1.165) is 17.2 Å². The van der Waals surface area contributed by atoms with Gasteiger partial charge in [0, 0.05) is 31.9 Å². The molecule has 0 aliphatic heterocycles. The second-order valence-corrected chi connectivity index (χ2v) is 4.02. The van der Waals surface area contributed by atoms with Crippen molar-refractivity contribution in [3.05, 3.63) is 16.1 Å². The third-order valence-corrected chi connectivity index (χ3v) is 2.60. The molecule has 0 atom stereocenters. The van der Waals surface area contributed by atoms with Gasteiger partial charge in [-0.05, 0) is 6.92 Å². The lowest BCUT2D eigenvalue weighted by Gasteiger charge is -2.01. The molecule has 2 N–H and O–H groups in total. The molecule has 5 heteroatoms. The van der Waals surface area contributed by atoms with Gasteiger partial charge in [-0.15, -0.1) is 11.3 Å². The first kappa shape index (κ1) is 11.1. The van der Waals surface area contributed by atoms with Crippen LogP contribution in [0.5, 0.6) is 0 Å². The molecule has 0 saturated carbocycles. The van der Waals surface area contributed by atoms with E-state index < -0.39 is 0 Å². The molecular formula is C9H15N3OS. The molecule has 1 aromatic heterocycles. The molecule has 78 valence electrons. The number of amides is 1. The van der Waals surface area contributed by atoms with Gasteiger partial charge in [0.1, 0.15) is 0 Å². The minimum Gasteiger partial charge on any atom is -0.359 e. The summed E-state index contributed by atoms with van der Waals surface area (Å²) >= 11 is 1.64. The molecule has 1 amide bonds. The predicted molar refractivity (Wildman–Crippen MR) is 57.2 cm³/mol. The van der Waals surface area contributed by atoms with Gasteiger partial charge in [-0.2, -0.15) is 0 Å². The fourth-order valence-corrected chi connectivity index (χ4v) is 1.65. The zero-order valence-corrected chi connectivity index (χ0v) is 9.28. The van der Waals surface area contributed by atoms with Crippen LogP contribution in [0.2, 0.25) is 0 Å². The molecule has 14 heavy (non-hydrogen) atoms. The van der Waals surface area contributed by atoms with Gasteiger partial charge in [0.25, 0.3) is 0 Å².